The topological polar surface area (TPSA) is 59.0 Å². The molecule has 2 amide bonds. The molecule has 41 heavy (non-hydrogen) atoms. The number of para-hydroxylation sites is 1. The summed E-state index contributed by atoms with van der Waals surface area (Å²) in [6, 6.07) is 30.3. The molecule has 8 heteroatoms. The van der Waals surface area contributed by atoms with E-state index in [0.29, 0.717) is 11.4 Å². The smallest absolute Gasteiger partial charge is 0.322 e. The monoisotopic (exact) mass is 554 g/mol. The number of halogens is 3. The number of hydrogen-bond acceptors (Lipinski definition) is 2. The van der Waals surface area contributed by atoms with Crippen LogP contribution in [0.4, 0.5) is 23.7 Å². The number of hydrogen-bond donors (Lipinski definition) is 2. The Labute approximate surface area is 236 Å². The van der Waals surface area contributed by atoms with Crippen molar-refractivity contribution in [1.29, 1.82) is 0 Å². The summed E-state index contributed by atoms with van der Waals surface area (Å²) < 4.78 is 43.7. The quantitative estimate of drug-likeness (QED) is 0.216. The number of pyridine rings is 1. The van der Waals surface area contributed by atoms with E-state index in [1.165, 1.54) is 6.07 Å². The molecule has 0 saturated carbocycles. The van der Waals surface area contributed by atoms with Gasteiger partial charge in [-0.25, -0.2) is 4.79 Å². The molecule has 2 N–H and O–H groups in total. The zero-order valence-electron chi connectivity index (χ0n) is 22.6. The molecule has 208 valence electrons. The van der Waals surface area contributed by atoms with Gasteiger partial charge in [-0.05, 0) is 73.5 Å². The first kappa shape index (κ1) is 27.7. The first-order valence-electron chi connectivity index (χ1n) is 13.1. The number of anilines is 1. The van der Waals surface area contributed by atoms with Gasteiger partial charge >= 0.3 is 12.2 Å². The predicted octanol–water partition coefficient (Wildman–Crippen LogP) is 7.82. The minimum atomic E-state index is -4.57. The van der Waals surface area contributed by atoms with Crippen LogP contribution in [0, 0.1) is 13.8 Å². The van der Waals surface area contributed by atoms with Crippen LogP contribution in [0.3, 0.4) is 0 Å². The Bertz CT molecular complexity index is 1610. The molecule has 0 aliphatic carbocycles. The lowest BCUT2D eigenvalue weighted by Gasteiger charge is -2.36. The van der Waals surface area contributed by atoms with Crippen LogP contribution in [0.25, 0.3) is 5.69 Å². The molecule has 0 aliphatic heterocycles. The Morgan fingerprint density at radius 2 is 1.41 bits per heavy atom. The van der Waals surface area contributed by atoms with Crippen LogP contribution in [0.1, 0.15) is 33.8 Å². The summed E-state index contributed by atoms with van der Waals surface area (Å²) in [4.78, 5) is 18.3. The van der Waals surface area contributed by atoms with Crippen molar-refractivity contribution in [2.24, 2.45) is 0 Å². The van der Waals surface area contributed by atoms with Crippen LogP contribution in [-0.2, 0) is 18.1 Å². The van der Waals surface area contributed by atoms with Crippen molar-refractivity contribution in [3.63, 3.8) is 0 Å². The number of aromatic nitrogens is 2. The third-order valence-electron chi connectivity index (χ3n) is 7.07. The molecule has 5 rings (SSSR count). The van der Waals surface area contributed by atoms with Gasteiger partial charge in [-0.1, -0.05) is 60.7 Å². The minimum Gasteiger partial charge on any atom is -0.322 e. The van der Waals surface area contributed by atoms with Gasteiger partial charge in [0.1, 0.15) is 5.54 Å². The second kappa shape index (κ2) is 11.3. The molecule has 1 unspecified atom stereocenters. The fourth-order valence-corrected chi connectivity index (χ4v) is 5.11. The van der Waals surface area contributed by atoms with Gasteiger partial charge in [-0.3, -0.25) is 4.98 Å². The number of benzene rings is 3. The maximum Gasteiger partial charge on any atom is 0.416 e. The number of aryl methyl sites for hydroxylation is 2. The van der Waals surface area contributed by atoms with Crippen LogP contribution in [0.5, 0.6) is 0 Å². The van der Waals surface area contributed by atoms with E-state index in [1.807, 2.05) is 73.0 Å². The molecular formula is C33H29F3N4O. The highest BCUT2D eigenvalue weighted by Crippen LogP contribution is 2.37. The van der Waals surface area contributed by atoms with Gasteiger partial charge in [0.15, 0.2) is 0 Å². The molecule has 1 atom stereocenters. The van der Waals surface area contributed by atoms with Crippen molar-refractivity contribution < 1.29 is 18.0 Å². The number of nitrogens with one attached hydrogen (secondary N) is 2. The molecule has 0 radical (unpaired) electrons. The van der Waals surface area contributed by atoms with Gasteiger partial charge < -0.3 is 15.2 Å². The summed E-state index contributed by atoms with van der Waals surface area (Å²) in [6.45, 7) is 3.97. The standard InChI is InChI=1S/C33H29F3N4O/c1-23-16-17-24(2)40(23)29-18-19-30(37-22-29)32(21-25-10-5-3-6-11-25,26-12-9-13-27(20-26)33(34,35)36)39-31(41)38-28-14-7-4-8-15-28/h3-20,22H,21H2,1-2H3,(H2,38,39,41). The van der Waals surface area contributed by atoms with E-state index in [-0.39, 0.29) is 12.0 Å². The van der Waals surface area contributed by atoms with Crippen molar-refractivity contribution in [3.05, 3.63) is 149 Å². The lowest BCUT2D eigenvalue weighted by atomic mass is 9.80. The number of nitrogens with zero attached hydrogens (tertiary/aromatic N) is 2. The summed E-state index contributed by atoms with van der Waals surface area (Å²) in [7, 11) is 0. The van der Waals surface area contributed by atoms with Crippen LogP contribution >= 0.6 is 0 Å². The zero-order valence-corrected chi connectivity index (χ0v) is 22.6. The third kappa shape index (κ3) is 6.01. The number of alkyl halides is 3. The molecule has 2 heterocycles. The Hall–Kier alpha value is -4.85. The Morgan fingerprint density at radius 3 is 2.02 bits per heavy atom. The normalized spacial score (nSPS) is 12.9. The molecule has 5 nitrogen and oxygen atoms in total. The van der Waals surface area contributed by atoms with Crippen LogP contribution in [0.2, 0.25) is 0 Å². The van der Waals surface area contributed by atoms with Crippen LogP contribution in [0.15, 0.2) is 115 Å². The average molecular weight is 555 g/mol. The Morgan fingerprint density at radius 1 is 0.780 bits per heavy atom. The van der Waals surface area contributed by atoms with Crippen molar-refractivity contribution in [2.45, 2.75) is 32.0 Å². The molecule has 0 bridgehead atoms. The van der Waals surface area contributed by atoms with Gasteiger partial charge in [0, 0.05) is 23.5 Å². The molecule has 0 fully saturated rings. The van der Waals surface area contributed by atoms with Gasteiger partial charge in [0.25, 0.3) is 0 Å². The van der Waals surface area contributed by atoms with Crippen LogP contribution in [-0.4, -0.2) is 15.6 Å². The van der Waals surface area contributed by atoms with E-state index >= 15 is 0 Å². The lowest BCUT2D eigenvalue weighted by molar-refractivity contribution is -0.137. The second-order valence-corrected chi connectivity index (χ2v) is 9.94. The number of amides is 2. The summed E-state index contributed by atoms with van der Waals surface area (Å²) in [5, 5.41) is 5.84. The molecule has 3 aromatic carbocycles. The Balaban J connectivity index is 1.68. The van der Waals surface area contributed by atoms with Crippen molar-refractivity contribution >= 4 is 11.7 Å². The molecule has 0 aliphatic rings. The minimum absolute atomic E-state index is 0.158. The van der Waals surface area contributed by atoms with Gasteiger partial charge in [0.05, 0.1) is 23.1 Å². The second-order valence-electron chi connectivity index (χ2n) is 9.94. The maximum atomic E-state index is 13.9. The molecular weight excluding hydrogens is 525 g/mol. The van der Waals surface area contributed by atoms with E-state index in [9.17, 15) is 18.0 Å². The van der Waals surface area contributed by atoms with Crippen LogP contribution < -0.4 is 10.6 Å². The highest BCUT2D eigenvalue weighted by molar-refractivity contribution is 5.90. The molecule has 2 aromatic heterocycles. The Kier molecular flexibility index (Phi) is 7.66. The number of carbonyl (C=O) groups is 1. The maximum absolute atomic E-state index is 13.9. The molecule has 5 aromatic rings. The first-order valence-corrected chi connectivity index (χ1v) is 13.1. The van der Waals surface area contributed by atoms with Gasteiger partial charge in [-0.15, -0.1) is 0 Å². The van der Waals surface area contributed by atoms with E-state index in [1.54, 1.807) is 42.6 Å². The summed E-state index contributed by atoms with van der Waals surface area (Å²) in [6.07, 6.45) is -2.73. The molecule has 0 saturated heterocycles. The SMILES string of the molecule is Cc1ccc(C)n1-c1ccc(C(Cc2ccccc2)(NC(=O)Nc2ccccc2)c2cccc(C(F)(F)F)c2)nc1. The van der Waals surface area contributed by atoms with Gasteiger partial charge in [0.2, 0.25) is 0 Å². The number of rotatable bonds is 7. The van der Waals surface area contributed by atoms with Gasteiger partial charge in [-0.2, -0.15) is 13.2 Å². The molecule has 0 spiro atoms. The number of urea groups is 1. The van der Waals surface area contributed by atoms with Crippen molar-refractivity contribution in [3.8, 4) is 5.69 Å². The van der Waals surface area contributed by atoms with E-state index < -0.39 is 23.3 Å². The zero-order chi connectivity index (χ0) is 29.0. The van der Waals surface area contributed by atoms with Crippen molar-refractivity contribution in [1.82, 2.24) is 14.9 Å². The van der Waals surface area contributed by atoms with E-state index in [0.717, 1.165) is 34.8 Å². The summed E-state index contributed by atoms with van der Waals surface area (Å²) in [5.41, 5.74) is 2.60. The fraction of sp³-hybridized carbons (Fsp3) is 0.152. The van der Waals surface area contributed by atoms with Crippen molar-refractivity contribution in [2.75, 3.05) is 5.32 Å². The largest absolute Gasteiger partial charge is 0.416 e. The number of carbonyl (C=O) groups excluding carboxylic acids is 1. The highest BCUT2D eigenvalue weighted by atomic mass is 19.4. The predicted molar refractivity (Wildman–Crippen MR) is 154 cm³/mol. The van der Waals surface area contributed by atoms with E-state index in [2.05, 4.69) is 10.6 Å². The lowest BCUT2D eigenvalue weighted by Crippen LogP contribution is -2.50. The first-order chi connectivity index (χ1) is 19.7. The van der Waals surface area contributed by atoms with E-state index in [4.69, 9.17) is 4.98 Å². The fourth-order valence-electron chi connectivity index (χ4n) is 5.11. The average Bonchev–Trinajstić information content (AvgIpc) is 3.31. The highest BCUT2D eigenvalue weighted by Gasteiger charge is 2.40. The summed E-state index contributed by atoms with van der Waals surface area (Å²) >= 11 is 0. The summed E-state index contributed by atoms with van der Waals surface area (Å²) in [5.74, 6) is 0. The third-order valence-corrected chi connectivity index (χ3v) is 7.07.